The minimum Gasteiger partial charge on any atom is -0.444 e. The first-order valence-corrected chi connectivity index (χ1v) is 10.3. The molecule has 1 aromatic heterocycles. The standard InChI is InChI=1S/C19H35N5O2S.HI/c1-9-19(10-2,23-17(25)26-18(4,5)6)13-21-16(20-7)24(8)11-15-12-27-14(3)22-15;/h12H,9-11,13H2,1-8H3,(H,20,21)(H,23,25);1H. The van der Waals surface area contributed by atoms with Crippen molar-refractivity contribution in [3.63, 3.8) is 0 Å². The van der Waals surface area contributed by atoms with Crippen LogP contribution < -0.4 is 10.6 Å². The first-order chi connectivity index (χ1) is 12.5. The van der Waals surface area contributed by atoms with Crippen molar-refractivity contribution in [1.82, 2.24) is 20.5 Å². The van der Waals surface area contributed by atoms with Gasteiger partial charge >= 0.3 is 6.09 Å². The number of carbonyl (C=O) groups is 1. The number of hydrogen-bond donors (Lipinski definition) is 2. The van der Waals surface area contributed by atoms with E-state index in [4.69, 9.17) is 4.74 Å². The predicted molar refractivity (Wildman–Crippen MR) is 128 cm³/mol. The van der Waals surface area contributed by atoms with E-state index < -0.39 is 17.2 Å². The molecule has 0 aliphatic heterocycles. The van der Waals surface area contributed by atoms with Gasteiger partial charge in [-0.1, -0.05) is 13.8 Å². The number of nitrogens with zero attached hydrogens (tertiary/aromatic N) is 3. The van der Waals surface area contributed by atoms with Gasteiger partial charge in [-0.15, -0.1) is 35.3 Å². The maximum Gasteiger partial charge on any atom is 0.408 e. The Balaban J connectivity index is 0.00000729. The molecule has 2 N–H and O–H groups in total. The first-order valence-electron chi connectivity index (χ1n) is 9.38. The summed E-state index contributed by atoms with van der Waals surface area (Å²) in [7, 11) is 3.73. The van der Waals surface area contributed by atoms with Crippen LogP contribution in [0.1, 0.15) is 58.2 Å². The Morgan fingerprint density at radius 3 is 2.36 bits per heavy atom. The normalized spacial score (nSPS) is 12.2. The number of carbonyl (C=O) groups excluding carboxylic acids is 1. The third kappa shape index (κ3) is 8.93. The van der Waals surface area contributed by atoms with Gasteiger partial charge in [-0.3, -0.25) is 4.99 Å². The van der Waals surface area contributed by atoms with Gasteiger partial charge in [0.1, 0.15) is 5.60 Å². The maximum absolute atomic E-state index is 12.3. The van der Waals surface area contributed by atoms with Gasteiger partial charge in [0.15, 0.2) is 5.96 Å². The average Bonchev–Trinajstić information content (AvgIpc) is 2.97. The number of aryl methyl sites for hydroxylation is 1. The van der Waals surface area contributed by atoms with Crippen molar-refractivity contribution >= 4 is 47.4 Å². The third-order valence-electron chi connectivity index (χ3n) is 4.34. The fourth-order valence-corrected chi connectivity index (χ4v) is 3.28. The number of hydrogen-bond acceptors (Lipinski definition) is 5. The average molecular weight is 526 g/mol. The largest absolute Gasteiger partial charge is 0.444 e. The third-order valence-corrected chi connectivity index (χ3v) is 5.17. The quantitative estimate of drug-likeness (QED) is 0.318. The van der Waals surface area contributed by atoms with Crippen molar-refractivity contribution in [2.24, 2.45) is 4.99 Å². The fourth-order valence-electron chi connectivity index (χ4n) is 2.67. The highest BCUT2D eigenvalue weighted by molar-refractivity contribution is 14.0. The van der Waals surface area contributed by atoms with Gasteiger partial charge in [0.25, 0.3) is 0 Å². The Hall–Kier alpha value is -1.10. The summed E-state index contributed by atoms with van der Waals surface area (Å²) >= 11 is 1.64. The van der Waals surface area contributed by atoms with Crippen molar-refractivity contribution in [3.05, 3.63) is 16.1 Å². The predicted octanol–water partition coefficient (Wildman–Crippen LogP) is 4.16. The van der Waals surface area contributed by atoms with E-state index in [1.807, 2.05) is 39.6 Å². The van der Waals surface area contributed by atoms with Gasteiger partial charge in [0.05, 0.1) is 22.8 Å². The van der Waals surface area contributed by atoms with Crippen LogP contribution in [0.4, 0.5) is 4.79 Å². The summed E-state index contributed by atoms with van der Waals surface area (Å²) in [5, 5.41) is 9.55. The minimum absolute atomic E-state index is 0. The lowest BCUT2D eigenvalue weighted by atomic mass is 9.93. The molecular formula is C19H36IN5O2S. The molecule has 1 aromatic rings. The molecule has 0 aromatic carbocycles. The van der Waals surface area contributed by atoms with E-state index in [0.717, 1.165) is 29.5 Å². The minimum atomic E-state index is -0.521. The van der Waals surface area contributed by atoms with Crippen LogP contribution in [0.15, 0.2) is 10.4 Å². The molecule has 9 heteroatoms. The molecule has 1 rings (SSSR count). The lowest BCUT2D eigenvalue weighted by Crippen LogP contribution is -2.57. The zero-order chi connectivity index (χ0) is 20.7. The van der Waals surface area contributed by atoms with E-state index in [0.29, 0.717) is 13.1 Å². The Morgan fingerprint density at radius 1 is 1.32 bits per heavy atom. The van der Waals surface area contributed by atoms with Crippen molar-refractivity contribution in [1.29, 1.82) is 0 Å². The smallest absolute Gasteiger partial charge is 0.408 e. The number of amides is 1. The number of halogens is 1. The number of alkyl carbamates (subject to hydrolysis) is 1. The second-order valence-corrected chi connectivity index (χ2v) is 8.79. The molecule has 0 spiro atoms. The Kier molecular flexibility index (Phi) is 11.3. The number of aromatic nitrogens is 1. The maximum atomic E-state index is 12.3. The number of thiazole rings is 1. The molecule has 28 heavy (non-hydrogen) atoms. The highest BCUT2D eigenvalue weighted by atomic mass is 127. The summed E-state index contributed by atoms with van der Waals surface area (Å²) < 4.78 is 5.43. The van der Waals surface area contributed by atoms with E-state index in [1.165, 1.54) is 0 Å². The van der Waals surface area contributed by atoms with Gasteiger partial charge in [-0.2, -0.15) is 0 Å². The number of aliphatic imine (C=N–C) groups is 1. The molecule has 0 aliphatic rings. The van der Waals surface area contributed by atoms with Crippen LogP contribution in [-0.4, -0.2) is 53.7 Å². The number of guanidine groups is 1. The molecule has 0 radical (unpaired) electrons. The Bertz CT molecular complexity index is 639. The summed E-state index contributed by atoms with van der Waals surface area (Å²) in [6.45, 7) is 13.0. The van der Waals surface area contributed by atoms with Crippen molar-refractivity contribution in [2.75, 3.05) is 20.6 Å². The summed E-state index contributed by atoms with van der Waals surface area (Å²) in [6.07, 6.45) is 1.16. The highest BCUT2D eigenvalue weighted by Crippen LogP contribution is 2.17. The van der Waals surface area contributed by atoms with Crippen LogP contribution in [0.25, 0.3) is 0 Å². The lowest BCUT2D eigenvalue weighted by molar-refractivity contribution is 0.0448. The molecule has 0 atom stereocenters. The number of ether oxygens (including phenoxy) is 1. The number of nitrogens with one attached hydrogen (secondary N) is 2. The molecule has 0 fully saturated rings. The first kappa shape index (κ1) is 26.9. The van der Waals surface area contributed by atoms with Crippen LogP contribution >= 0.6 is 35.3 Å². The molecule has 0 saturated carbocycles. The van der Waals surface area contributed by atoms with Gasteiger partial charge in [0, 0.05) is 26.0 Å². The van der Waals surface area contributed by atoms with Crippen LogP contribution in [0.2, 0.25) is 0 Å². The summed E-state index contributed by atoms with van der Waals surface area (Å²) in [6, 6.07) is 0. The SMILES string of the molecule is CCC(CC)(CNC(=NC)N(C)Cc1csc(C)n1)NC(=O)OC(C)(C)C.I. The van der Waals surface area contributed by atoms with E-state index in [9.17, 15) is 4.79 Å². The van der Waals surface area contributed by atoms with Crippen molar-refractivity contribution < 1.29 is 9.53 Å². The summed E-state index contributed by atoms with van der Waals surface area (Å²) in [5.41, 5.74) is 0.0928. The van der Waals surface area contributed by atoms with E-state index in [1.54, 1.807) is 18.4 Å². The Labute approximate surface area is 190 Å². The van der Waals surface area contributed by atoms with E-state index in [2.05, 4.69) is 39.8 Å². The van der Waals surface area contributed by atoms with Crippen LogP contribution in [-0.2, 0) is 11.3 Å². The number of rotatable bonds is 7. The second-order valence-electron chi connectivity index (χ2n) is 7.73. The van der Waals surface area contributed by atoms with Crippen LogP contribution in [0, 0.1) is 6.92 Å². The molecule has 0 saturated heterocycles. The molecule has 1 heterocycles. The summed E-state index contributed by atoms with van der Waals surface area (Å²) in [4.78, 5) is 23.2. The highest BCUT2D eigenvalue weighted by Gasteiger charge is 2.31. The van der Waals surface area contributed by atoms with Gasteiger partial charge in [-0.25, -0.2) is 9.78 Å². The monoisotopic (exact) mass is 525 g/mol. The summed E-state index contributed by atoms with van der Waals surface area (Å²) in [5.74, 6) is 0.762. The van der Waals surface area contributed by atoms with Crippen molar-refractivity contribution in [3.8, 4) is 0 Å². The molecule has 0 unspecified atom stereocenters. The van der Waals surface area contributed by atoms with E-state index in [-0.39, 0.29) is 24.0 Å². The van der Waals surface area contributed by atoms with Crippen LogP contribution in [0.5, 0.6) is 0 Å². The van der Waals surface area contributed by atoms with Crippen molar-refractivity contribution in [2.45, 2.75) is 72.1 Å². The van der Waals surface area contributed by atoms with Crippen LogP contribution in [0.3, 0.4) is 0 Å². The zero-order valence-electron chi connectivity index (χ0n) is 18.4. The van der Waals surface area contributed by atoms with E-state index >= 15 is 0 Å². The Morgan fingerprint density at radius 2 is 1.93 bits per heavy atom. The molecule has 7 nitrogen and oxygen atoms in total. The van der Waals surface area contributed by atoms with Gasteiger partial charge in [-0.05, 0) is 40.5 Å². The fraction of sp³-hybridized carbons (Fsp3) is 0.737. The molecule has 0 aliphatic carbocycles. The van der Waals surface area contributed by atoms with Gasteiger partial charge in [0.2, 0.25) is 0 Å². The van der Waals surface area contributed by atoms with Gasteiger partial charge < -0.3 is 20.3 Å². The molecular weight excluding hydrogens is 489 g/mol. The lowest BCUT2D eigenvalue weighted by Gasteiger charge is -2.35. The molecule has 0 bridgehead atoms. The zero-order valence-corrected chi connectivity index (χ0v) is 21.5. The molecule has 1 amide bonds. The topological polar surface area (TPSA) is 78.9 Å². The second kappa shape index (κ2) is 11.8. The molecule has 162 valence electrons.